The first-order chi connectivity index (χ1) is 5.11. The molecule has 1 aromatic carbocycles. The van der Waals surface area contributed by atoms with Crippen molar-refractivity contribution in [3.8, 4) is 5.75 Å². The summed E-state index contributed by atoms with van der Waals surface area (Å²) in [6, 6.07) is 4.59. The van der Waals surface area contributed by atoms with Crippen LogP contribution in [-0.4, -0.2) is 11.0 Å². The van der Waals surface area contributed by atoms with Gasteiger partial charge in [-0.25, -0.2) is 0 Å². The zero-order chi connectivity index (χ0) is 8.43. The maximum Gasteiger partial charge on any atom is 0.248 e. The van der Waals surface area contributed by atoms with Crippen molar-refractivity contribution in [1.82, 2.24) is 0 Å². The molecular formula is C8H9NO2. The minimum atomic E-state index is -0.528. The number of benzene rings is 1. The lowest BCUT2D eigenvalue weighted by atomic mass is 10.1. The van der Waals surface area contributed by atoms with E-state index in [1.807, 2.05) is 0 Å². The van der Waals surface area contributed by atoms with Crippen LogP contribution in [0.15, 0.2) is 18.2 Å². The lowest BCUT2D eigenvalue weighted by molar-refractivity contribution is 0.1000. The molecule has 11 heavy (non-hydrogen) atoms. The van der Waals surface area contributed by atoms with E-state index in [-0.39, 0.29) is 5.75 Å². The standard InChI is InChI=1S/C8H9NO2/c1-5-2-3-6(8(9)11)4-7(5)10/h2-4,10H,1H3,(H2,9,11). The Balaban J connectivity index is 3.15. The molecule has 0 aliphatic heterocycles. The Labute approximate surface area is 64.5 Å². The predicted molar refractivity (Wildman–Crippen MR) is 41.4 cm³/mol. The largest absolute Gasteiger partial charge is 0.508 e. The van der Waals surface area contributed by atoms with Crippen LogP contribution in [0.5, 0.6) is 5.75 Å². The van der Waals surface area contributed by atoms with Gasteiger partial charge < -0.3 is 10.8 Å². The van der Waals surface area contributed by atoms with Crippen LogP contribution in [-0.2, 0) is 0 Å². The fraction of sp³-hybridized carbons (Fsp3) is 0.125. The minimum absolute atomic E-state index is 0.0984. The third-order valence-electron chi connectivity index (χ3n) is 1.49. The summed E-state index contributed by atoms with van der Waals surface area (Å²) in [5.41, 5.74) is 6.04. The van der Waals surface area contributed by atoms with Crippen LogP contribution in [0.2, 0.25) is 0 Å². The molecule has 0 saturated carbocycles. The van der Waals surface area contributed by atoms with Gasteiger partial charge in [0.15, 0.2) is 0 Å². The Morgan fingerprint density at radius 2 is 2.18 bits per heavy atom. The van der Waals surface area contributed by atoms with E-state index in [4.69, 9.17) is 10.8 Å². The van der Waals surface area contributed by atoms with E-state index in [0.717, 1.165) is 5.56 Å². The maximum atomic E-state index is 10.6. The average Bonchev–Trinajstić information content (AvgIpc) is 1.94. The third-order valence-corrected chi connectivity index (χ3v) is 1.49. The number of carbonyl (C=O) groups excluding carboxylic acids is 1. The topological polar surface area (TPSA) is 63.3 Å². The minimum Gasteiger partial charge on any atom is -0.508 e. The number of aryl methyl sites for hydroxylation is 1. The van der Waals surface area contributed by atoms with Crippen LogP contribution in [0.25, 0.3) is 0 Å². The average molecular weight is 151 g/mol. The van der Waals surface area contributed by atoms with E-state index in [2.05, 4.69) is 0 Å². The molecule has 3 N–H and O–H groups in total. The summed E-state index contributed by atoms with van der Waals surface area (Å²) in [6.07, 6.45) is 0. The second-order valence-corrected chi connectivity index (χ2v) is 2.37. The number of hydrogen-bond acceptors (Lipinski definition) is 2. The zero-order valence-corrected chi connectivity index (χ0v) is 6.16. The van der Waals surface area contributed by atoms with Crippen molar-refractivity contribution in [2.45, 2.75) is 6.92 Å². The molecule has 1 rings (SSSR count). The van der Waals surface area contributed by atoms with Gasteiger partial charge in [0.05, 0.1) is 0 Å². The molecule has 3 heteroatoms. The number of amides is 1. The number of nitrogens with two attached hydrogens (primary N) is 1. The van der Waals surface area contributed by atoms with Crippen molar-refractivity contribution in [3.63, 3.8) is 0 Å². The smallest absolute Gasteiger partial charge is 0.248 e. The predicted octanol–water partition coefficient (Wildman–Crippen LogP) is 0.800. The van der Waals surface area contributed by atoms with Gasteiger partial charge in [-0.2, -0.15) is 0 Å². The summed E-state index contributed by atoms with van der Waals surface area (Å²) < 4.78 is 0. The second-order valence-electron chi connectivity index (χ2n) is 2.37. The van der Waals surface area contributed by atoms with Crippen LogP contribution in [0.4, 0.5) is 0 Å². The van der Waals surface area contributed by atoms with E-state index in [0.29, 0.717) is 5.56 Å². The van der Waals surface area contributed by atoms with E-state index >= 15 is 0 Å². The SMILES string of the molecule is Cc1ccc(C(N)=O)cc1O. The van der Waals surface area contributed by atoms with Crippen molar-refractivity contribution < 1.29 is 9.90 Å². The molecule has 0 atom stereocenters. The Morgan fingerprint density at radius 1 is 1.55 bits per heavy atom. The summed E-state index contributed by atoms with van der Waals surface area (Å²) >= 11 is 0. The molecule has 0 aliphatic rings. The fourth-order valence-electron chi connectivity index (χ4n) is 0.763. The summed E-state index contributed by atoms with van der Waals surface area (Å²) in [6.45, 7) is 1.75. The monoisotopic (exact) mass is 151 g/mol. The molecule has 0 aromatic heterocycles. The molecule has 3 nitrogen and oxygen atoms in total. The molecule has 0 radical (unpaired) electrons. The van der Waals surface area contributed by atoms with Gasteiger partial charge in [-0.3, -0.25) is 4.79 Å². The van der Waals surface area contributed by atoms with E-state index in [9.17, 15) is 4.79 Å². The van der Waals surface area contributed by atoms with E-state index < -0.39 is 5.91 Å². The van der Waals surface area contributed by atoms with Crippen LogP contribution in [0, 0.1) is 6.92 Å². The van der Waals surface area contributed by atoms with Gasteiger partial charge >= 0.3 is 0 Å². The number of primary amides is 1. The molecular weight excluding hydrogens is 142 g/mol. The third kappa shape index (κ3) is 1.49. The first-order valence-corrected chi connectivity index (χ1v) is 3.20. The molecule has 58 valence electrons. The normalized spacial score (nSPS) is 9.55. The first-order valence-electron chi connectivity index (χ1n) is 3.20. The van der Waals surface area contributed by atoms with Gasteiger partial charge in [0.2, 0.25) is 5.91 Å². The molecule has 0 saturated heterocycles. The number of hydrogen-bond donors (Lipinski definition) is 2. The van der Waals surface area contributed by atoms with Gasteiger partial charge in [-0.1, -0.05) is 6.07 Å². The summed E-state index contributed by atoms with van der Waals surface area (Å²) in [5.74, 6) is -0.429. The second kappa shape index (κ2) is 2.62. The van der Waals surface area contributed by atoms with Crippen LogP contribution in [0.1, 0.15) is 15.9 Å². The number of rotatable bonds is 1. The van der Waals surface area contributed by atoms with E-state index in [1.165, 1.54) is 6.07 Å². The number of carbonyl (C=O) groups is 1. The zero-order valence-electron chi connectivity index (χ0n) is 6.16. The first kappa shape index (κ1) is 7.60. The molecule has 0 spiro atoms. The lowest BCUT2D eigenvalue weighted by Crippen LogP contribution is -2.10. The molecule has 1 aromatic rings. The van der Waals surface area contributed by atoms with Gasteiger partial charge in [0.1, 0.15) is 5.75 Å². The van der Waals surface area contributed by atoms with Crippen LogP contribution < -0.4 is 5.73 Å². The summed E-state index contributed by atoms with van der Waals surface area (Å²) in [5, 5.41) is 9.14. The van der Waals surface area contributed by atoms with Crippen LogP contribution in [0.3, 0.4) is 0 Å². The molecule has 0 fully saturated rings. The molecule has 0 bridgehead atoms. The summed E-state index contributed by atoms with van der Waals surface area (Å²) in [4.78, 5) is 10.6. The van der Waals surface area contributed by atoms with Gasteiger partial charge in [-0.15, -0.1) is 0 Å². The highest BCUT2D eigenvalue weighted by molar-refractivity contribution is 5.93. The molecule has 0 heterocycles. The van der Waals surface area contributed by atoms with Gasteiger partial charge in [-0.05, 0) is 24.6 Å². The van der Waals surface area contributed by atoms with Crippen molar-refractivity contribution >= 4 is 5.91 Å². The quantitative estimate of drug-likeness (QED) is 0.623. The Kier molecular flexibility index (Phi) is 1.81. The maximum absolute atomic E-state index is 10.6. The number of phenols is 1. The number of aromatic hydroxyl groups is 1. The van der Waals surface area contributed by atoms with Crippen molar-refractivity contribution in [1.29, 1.82) is 0 Å². The van der Waals surface area contributed by atoms with Gasteiger partial charge in [0.25, 0.3) is 0 Å². The van der Waals surface area contributed by atoms with Gasteiger partial charge in [0, 0.05) is 5.56 Å². The van der Waals surface area contributed by atoms with E-state index in [1.54, 1.807) is 19.1 Å². The highest BCUT2D eigenvalue weighted by atomic mass is 16.3. The van der Waals surface area contributed by atoms with Crippen molar-refractivity contribution in [2.75, 3.05) is 0 Å². The highest BCUT2D eigenvalue weighted by Gasteiger charge is 2.01. The number of phenolic OH excluding ortho intramolecular Hbond substituents is 1. The van der Waals surface area contributed by atoms with Crippen LogP contribution >= 0.6 is 0 Å². The lowest BCUT2D eigenvalue weighted by Gasteiger charge is -1.99. The Bertz CT molecular complexity index is 294. The Hall–Kier alpha value is -1.51. The fourth-order valence-corrected chi connectivity index (χ4v) is 0.763. The highest BCUT2D eigenvalue weighted by Crippen LogP contribution is 2.16. The molecule has 1 amide bonds. The Morgan fingerprint density at radius 3 is 2.64 bits per heavy atom. The van der Waals surface area contributed by atoms with Crippen molar-refractivity contribution in [3.05, 3.63) is 29.3 Å². The summed E-state index contributed by atoms with van der Waals surface area (Å²) in [7, 11) is 0. The molecule has 0 unspecified atom stereocenters. The van der Waals surface area contributed by atoms with Crippen molar-refractivity contribution in [2.24, 2.45) is 5.73 Å². The molecule has 0 aliphatic carbocycles.